The van der Waals surface area contributed by atoms with Crippen LogP contribution >= 0.6 is 0 Å². The molecular formula is C16H26FNO. The van der Waals surface area contributed by atoms with E-state index < -0.39 is 6.10 Å². The first-order chi connectivity index (χ1) is 8.97. The standard InChI is InChI=1S/C16H26FNO/c1-5-6-7-10-18(12(2)3)16-9-8-14(13(4)19)11-15(16)17/h8-9,11-13,19H,5-7,10H2,1-4H3/t13-/m0/s1. The van der Waals surface area contributed by atoms with Gasteiger partial charge in [-0.15, -0.1) is 0 Å². The molecule has 0 fully saturated rings. The van der Waals surface area contributed by atoms with Crippen molar-refractivity contribution in [1.82, 2.24) is 0 Å². The summed E-state index contributed by atoms with van der Waals surface area (Å²) in [5, 5.41) is 9.48. The Kier molecular flexibility index (Phi) is 6.29. The van der Waals surface area contributed by atoms with Crippen molar-refractivity contribution < 1.29 is 9.50 Å². The number of nitrogens with zero attached hydrogens (tertiary/aromatic N) is 1. The fourth-order valence-electron chi connectivity index (χ4n) is 2.20. The van der Waals surface area contributed by atoms with Crippen LogP contribution in [-0.4, -0.2) is 17.7 Å². The van der Waals surface area contributed by atoms with E-state index in [1.807, 2.05) is 0 Å². The van der Waals surface area contributed by atoms with Crippen LogP contribution in [0.5, 0.6) is 0 Å². The Morgan fingerprint density at radius 3 is 2.37 bits per heavy atom. The summed E-state index contributed by atoms with van der Waals surface area (Å²) in [5.41, 5.74) is 1.26. The van der Waals surface area contributed by atoms with Gasteiger partial charge in [-0.05, 0) is 44.9 Å². The van der Waals surface area contributed by atoms with Crippen LogP contribution in [0, 0.1) is 5.82 Å². The van der Waals surface area contributed by atoms with Crippen molar-refractivity contribution >= 4 is 5.69 Å². The number of unbranched alkanes of at least 4 members (excludes halogenated alkanes) is 2. The number of aliphatic hydroxyl groups is 1. The van der Waals surface area contributed by atoms with E-state index in [2.05, 4.69) is 25.7 Å². The second-order valence-electron chi connectivity index (χ2n) is 5.38. The lowest BCUT2D eigenvalue weighted by molar-refractivity contribution is 0.199. The van der Waals surface area contributed by atoms with Crippen molar-refractivity contribution in [3.05, 3.63) is 29.6 Å². The third-order valence-electron chi connectivity index (χ3n) is 3.39. The van der Waals surface area contributed by atoms with Crippen molar-refractivity contribution in [1.29, 1.82) is 0 Å². The zero-order valence-corrected chi connectivity index (χ0v) is 12.5. The van der Waals surface area contributed by atoms with Gasteiger partial charge in [0.2, 0.25) is 0 Å². The zero-order valence-electron chi connectivity index (χ0n) is 12.5. The number of hydrogen-bond acceptors (Lipinski definition) is 2. The number of anilines is 1. The molecule has 1 atom stereocenters. The minimum atomic E-state index is -0.629. The Morgan fingerprint density at radius 2 is 1.89 bits per heavy atom. The third-order valence-corrected chi connectivity index (χ3v) is 3.39. The molecule has 108 valence electrons. The van der Waals surface area contributed by atoms with E-state index in [4.69, 9.17) is 0 Å². The van der Waals surface area contributed by atoms with Gasteiger partial charge in [-0.1, -0.05) is 25.8 Å². The molecule has 0 aromatic heterocycles. The highest BCUT2D eigenvalue weighted by Crippen LogP contribution is 2.25. The normalized spacial score (nSPS) is 12.8. The molecule has 1 aromatic rings. The molecule has 1 rings (SSSR count). The molecule has 2 nitrogen and oxygen atoms in total. The van der Waals surface area contributed by atoms with E-state index >= 15 is 0 Å². The van der Waals surface area contributed by atoms with Crippen LogP contribution in [0.2, 0.25) is 0 Å². The van der Waals surface area contributed by atoms with Crippen LogP contribution in [0.1, 0.15) is 58.6 Å². The number of hydrogen-bond donors (Lipinski definition) is 1. The lowest BCUT2D eigenvalue weighted by Gasteiger charge is -2.29. The molecule has 0 radical (unpaired) electrons. The van der Waals surface area contributed by atoms with E-state index in [1.165, 1.54) is 6.07 Å². The van der Waals surface area contributed by atoms with Gasteiger partial charge in [-0.3, -0.25) is 0 Å². The fourth-order valence-corrected chi connectivity index (χ4v) is 2.20. The molecule has 0 saturated carbocycles. The summed E-state index contributed by atoms with van der Waals surface area (Å²) in [6.07, 6.45) is 2.77. The Labute approximate surface area is 116 Å². The van der Waals surface area contributed by atoms with Crippen LogP contribution in [0.25, 0.3) is 0 Å². The molecule has 0 unspecified atom stereocenters. The Hall–Kier alpha value is -1.09. The Balaban J connectivity index is 2.90. The van der Waals surface area contributed by atoms with Gasteiger partial charge in [0.25, 0.3) is 0 Å². The minimum absolute atomic E-state index is 0.247. The lowest BCUT2D eigenvalue weighted by atomic mass is 10.1. The molecule has 0 aliphatic heterocycles. The van der Waals surface area contributed by atoms with Gasteiger partial charge in [0.1, 0.15) is 5.82 Å². The first kappa shape index (κ1) is 16.0. The van der Waals surface area contributed by atoms with Gasteiger partial charge >= 0.3 is 0 Å². The number of aliphatic hydroxyl groups excluding tert-OH is 1. The maximum atomic E-state index is 14.2. The molecule has 0 heterocycles. The average Bonchev–Trinajstić information content (AvgIpc) is 2.35. The summed E-state index contributed by atoms with van der Waals surface area (Å²) in [7, 11) is 0. The van der Waals surface area contributed by atoms with Crippen LogP contribution in [0.15, 0.2) is 18.2 Å². The predicted octanol–water partition coefficient (Wildman–Crippen LogP) is 4.28. The largest absolute Gasteiger partial charge is 0.389 e. The van der Waals surface area contributed by atoms with Crippen LogP contribution in [-0.2, 0) is 0 Å². The van der Waals surface area contributed by atoms with Gasteiger partial charge in [0.05, 0.1) is 11.8 Å². The van der Waals surface area contributed by atoms with Gasteiger partial charge < -0.3 is 10.0 Å². The molecule has 0 spiro atoms. The summed E-state index contributed by atoms with van der Waals surface area (Å²) in [4.78, 5) is 2.09. The third kappa shape index (κ3) is 4.50. The summed E-state index contributed by atoms with van der Waals surface area (Å²) in [5.74, 6) is -0.247. The highest BCUT2D eigenvalue weighted by molar-refractivity contribution is 5.50. The second kappa shape index (κ2) is 7.49. The molecule has 1 aromatic carbocycles. The van der Waals surface area contributed by atoms with Gasteiger partial charge in [0.15, 0.2) is 0 Å². The van der Waals surface area contributed by atoms with E-state index in [0.717, 1.165) is 25.8 Å². The van der Waals surface area contributed by atoms with E-state index in [1.54, 1.807) is 19.1 Å². The smallest absolute Gasteiger partial charge is 0.146 e. The minimum Gasteiger partial charge on any atom is -0.389 e. The Bertz CT molecular complexity index is 390. The van der Waals surface area contributed by atoms with E-state index in [9.17, 15) is 9.50 Å². The van der Waals surface area contributed by atoms with Crippen molar-refractivity contribution in [3.63, 3.8) is 0 Å². The monoisotopic (exact) mass is 267 g/mol. The molecule has 0 aliphatic carbocycles. The highest BCUT2D eigenvalue weighted by atomic mass is 19.1. The molecular weight excluding hydrogens is 241 g/mol. The molecule has 0 saturated heterocycles. The molecule has 3 heteroatoms. The zero-order chi connectivity index (χ0) is 14.4. The maximum absolute atomic E-state index is 14.2. The molecule has 1 N–H and O–H groups in total. The SMILES string of the molecule is CCCCCN(c1ccc([C@H](C)O)cc1F)C(C)C. The van der Waals surface area contributed by atoms with Gasteiger partial charge in [0, 0.05) is 12.6 Å². The van der Waals surface area contributed by atoms with Crippen LogP contribution < -0.4 is 4.90 Å². The first-order valence-electron chi connectivity index (χ1n) is 7.21. The van der Waals surface area contributed by atoms with Crippen molar-refractivity contribution in [2.45, 2.75) is 59.1 Å². The van der Waals surface area contributed by atoms with Crippen molar-refractivity contribution in [2.75, 3.05) is 11.4 Å². The number of rotatable bonds is 7. The molecule has 19 heavy (non-hydrogen) atoms. The van der Waals surface area contributed by atoms with E-state index in [0.29, 0.717) is 11.3 Å². The quantitative estimate of drug-likeness (QED) is 0.745. The maximum Gasteiger partial charge on any atom is 0.146 e. The van der Waals surface area contributed by atoms with Crippen LogP contribution in [0.3, 0.4) is 0 Å². The summed E-state index contributed by atoms with van der Waals surface area (Å²) in [6, 6.07) is 5.29. The van der Waals surface area contributed by atoms with E-state index in [-0.39, 0.29) is 11.9 Å². The Morgan fingerprint density at radius 1 is 1.21 bits per heavy atom. The molecule has 0 aliphatic rings. The average molecular weight is 267 g/mol. The van der Waals surface area contributed by atoms with Gasteiger partial charge in [-0.2, -0.15) is 0 Å². The predicted molar refractivity (Wildman–Crippen MR) is 79.0 cm³/mol. The van der Waals surface area contributed by atoms with Gasteiger partial charge in [-0.25, -0.2) is 4.39 Å². The molecule has 0 amide bonds. The fraction of sp³-hybridized carbons (Fsp3) is 0.625. The van der Waals surface area contributed by atoms with Crippen molar-refractivity contribution in [2.24, 2.45) is 0 Å². The summed E-state index contributed by atoms with van der Waals surface area (Å²) < 4.78 is 14.2. The second-order valence-corrected chi connectivity index (χ2v) is 5.38. The number of benzene rings is 1. The van der Waals surface area contributed by atoms with Crippen molar-refractivity contribution in [3.8, 4) is 0 Å². The summed E-state index contributed by atoms with van der Waals surface area (Å²) >= 11 is 0. The summed E-state index contributed by atoms with van der Waals surface area (Å²) in [6.45, 7) is 8.84. The molecule has 0 bridgehead atoms. The topological polar surface area (TPSA) is 23.5 Å². The number of halogens is 1. The van der Waals surface area contributed by atoms with Crippen LogP contribution in [0.4, 0.5) is 10.1 Å². The lowest BCUT2D eigenvalue weighted by Crippen LogP contribution is -2.32. The first-order valence-corrected chi connectivity index (χ1v) is 7.21. The highest BCUT2D eigenvalue weighted by Gasteiger charge is 2.15.